The van der Waals surface area contributed by atoms with Crippen LogP contribution in [0.4, 0.5) is 5.82 Å². The van der Waals surface area contributed by atoms with Gasteiger partial charge in [0.2, 0.25) is 4.96 Å². The molecule has 5 nitrogen and oxygen atoms in total. The average Bonchev–Trinajstić information content (AvgIpc) is 2.87. The number of ether oxygens (including phenoxy) is 1. The number of nitrogen functional groups attached to an aromatic ring is 1. The first kappa shape index (κ1) is 11.0. The van der Waals surface area contributed by atoms with Gasteiger partial charge in [-0.1, -0.05) is 23.5 Å². The van der Waals surface area contributed by atoms with E-state index in [1.54, 1.807) is 10.7 Å². The van der Waals surface area contributed by atoms with Crippen molar-refractivity contribution in [3.05, 3.63) is 30.5 Å². The summed E-state index contributed by atoms with van der Waals surface area (Å²) in [6.07, 6.45) is 1.71. The third kappa shape index (κ3) is 1.91. The van der Waals surface area contributed by atoms with Crippen molar-refractivity contribution >= 4 is 22.1 Å². The molecule has 0 bridgehead atoms. The molecule has 92 valence electrons. The first-order valence-corrected chi connectivity index (χ1v) is 6.43. The van der Waals surface area contributed by atoms with Gasteiger partial charge in [0.25, 0.3) is 0 Å². The lowest BCUT2D eigenvalue weighted by Crippen LogP contribution is -1.91. The standard InChI is InChI=1S/C12H12N4OS/c1-2-17-9-5-3-4-8(6-9)11-15-16-7-10(13)14-12(16)18-11/h3-7H,2,13H2,1H3. The van der Waals surface area contributed by atoms with Crippen LogP contribution in [0.2, 0.25) is 0 Å². The van der Waals surface area contributed by atoms with Crippen LogP contribution in [-0.4, -0.2) is 21.2 Å². The smallest absolute Gasteiger partial charge is 0.214 e. The molecule has 0 radical (unpaired) electrons. The number of benzene rings is 1. The van der Waals surface area contributed by atoms with E-state index < -0.39 is 0 Å². The molecule has 0 fully saturated rings. The Hall–Kier alpha value is -2.08. The monoisotopic (exact) mass is 260 g/mol. The predicted octanol–water partition coefficient (Wildman–Crippen LogP) is 2.44. The minimum absolute atomic E-state index is 0.489. The Kier molecular flexibility index (Phi) is 2.64. The van der Waals surface area contributed by atoms with Crippen LogP contribution in [-0.2, 0) is 0 Å². The normalized spacial score (nSPS) is 10.9. The molecule has 2 N–H and O–H groups in total. The molecule has 0 aliphatic heterocycles. The molecule has 0 aliphatic carbocycles. The number of fused-ring (bicyclic) bond motifs is 1. The molecular formula is C12H12N4OS. The zero-order valence-corrected chi connectivity index (χ0v) is 10.6. The molecule has 0 spiro atoms. The molecule has 0 saturated heterocycles. The van der Waals surface area contributed by atoms with E-state index >= 15 is 0 Å². The molecule has 0 amide bonds. The summed E-state index contributed by atoms with van der Waals surface area (Å²) in [5, 5.41) is 5.34. The van der Waals surface area contributed by atoms with Crippen LogP contribution in [0.15, 0.2) is 30.5 Å². The first-order chi connectivity index (χ1) is 8.76. The molecule has 0 saturated carbocycles. The number of nitrogens with zero attached hydrogens (tertiary/aromatic N) is 3. The largest absolute Gasteiger partial charge is 0.494 e. The number of anilines is 1. The maximum atomic E-state index is 5.60. The Morgan fingerprint density at radius 1 is 1.44 bits per heavy atom. The highest BCUT2D eigenvalue weighted by atomic mass is 32.1. The quantitative estimate of drug-likeness (QED) is 0.785. The van der Waals surface area contributed by atoms with Crippen molar-refractivity contribution in [2.75, 3.05) is 12.3 Å². The van der Waals surface area contributed by atoms with Gasteiger partial charge in [0.1, 0.15) is 16.6 Å². The summed E-state index contributed by atoms with van der Waals surface area (Å²) in [6, 6.07) is 7.87. The lowest BCUT2D eigenvalue weighted by molar-refractivity contribution is 0.340. The zero-order chi connectivity index (χ0) is 12.5. The number of imidazole rings is 1. The minimum atomic E-state index is 0.489. The zero-order valence-electron chi connectivity index (χ0n) is 9.83. The second-order valence-electron chi connectivity index (χ2n) is 3.76. The second kappa shape index (κ2) is 4.30. The summed E-state index contributed by atoms with van der Waals surface area (Å²) in [5.41, 5.74) is 6.63. The molecule has 18 heavy (non-hydrogen) atoms. The van der Waals surface area contributed by atoms with Gasteiger partial charge in [0.05, 0.1) is 12.8 Å². The molecule has 2 aromatic heterocycles. The number of hydrogen-bond acceptors (Lipinski definition) is 5. The SMILES string of the molecule is CCOc1cccc(-c2nn3cc(N)nc3s2)c1. The summed E-state index contributed by atoms with van der Waals surface area (Å²) in [4.78, 5) is 4.98. The summed E-state index contributed by atoms with van der Waals surface area (Å²) in [6.45, 7) is 2.62. The van der Waals surface area contributed by atoms with Gasteiger partial charge in [-0.15, -0.1) is 0 Å². The summed E-state index contributed by atoms with van der Waals surface area (Å²) in [7, 11) is 0. The van der Waals surface area contributed by atoms with Gasteiger partial charge in [-0.25, -0.2) is 9.50 Å². The number of rotatable bonds is 3. The van der Waals surface area contributed by atoms with Crippen molar-refractivity contribution in [1.82, 2.24) is 14.6 Å². The van der Waals surface area contributed by atoms with E-state index in [0.717, 1.165) is 21.3 Å². The highest BCUT2D eigenvalue weighted by Gasteiger charge is 2.09. The van der Waals surface area contributed by atoms with E-state index in [4.69, 9.17) is 10.5 Å². The fourth-order valence-corrected chi connectivity index (χ4v) is 2.60. The Morgan fingerprint density at radius 3 is 3.11 bits per heavy atom. The number of aromatic nitrogens is 3. The van der Waals surface area contributed by atoms with Crippen molar-refractivity contribution in [3.63, 3.8) is 0 Å². The number of hydrogen-bond donors (Lipinski definition) is 1. The summed E-state index contributed by atoms with van der Waals surface area (Å²) >= 11 is 1.50. The topological polar surface area (TPSA) is 65.4 Å². The fourth-order valence-electron chi connectivity index (χ4n) is 1.72. The molecule has 0 unspecified atom stereocenters. The van der Waals surface area contributed by atoms with Crippen LogP contribution >= 0.6 is 11.3 Å². The Labute approximate surface area is 108 Å². The van der Waals surface area contributed by atoms with Gasteiger partial charge in [-0.05, 0) is 19.1 Å². The average molecular weight is 260 g/mol. The number of nitrogens with two attached hydrogens (primary N) is 1. The van der Waals surface area contributed by atoms with Gasteiger partial charge < -0.3 is 10.5 Å². The Balaban J connectivity index is 2.02. The van der Waals surface area contributed by atoms with E-state index in [0.29, 0.717) is 12.4 Å². The van der Waals surface area contributed by atoms with Crippen molar-refractivity contribution in [2.45, 2.75) is 6.92 Å². The Morgan fingerprint density at radius 2 is 2.33 bits per heavy atom. The predicted molar refractivity (Wildman–Crippen MR) is 71.9 cm³/mol. The lowest BCUT2D eigenvalue weighted by Gasteiger charge is -2.03. The van der Waals surface area contributed by atoms with Gasteiger partial charge in [0, 0.05) is 5.56 Å². The van der Waals surface area contributed by atoms with Crippen molar-refractivity contribution in [2.24, 2.45) is 0 Å². The maximum Gasteiger partial charge on any atom is 0.214 e. The van der Waals surface area contributed by atoms with Crippen LogP contribution in [0.1, 0.15) is 6.92 Å². The molecule has 3 rings (SSSR count). The van der Waals surface area contributed by atoms with Gasteiger partial charge in [-0.3, -0.25) is 0 Å². The van der Waals surface area contributed by atoms with Crippen LogP contribution in [0.25, 0.3) is 15.5 Å². The molecule has 0 aliphatic rings. The third-order valence-corrected chi connectivity index (χ3v) is 3.43. The lowest BCUT2D eigenvalue weighted by atomic mass is 10.2. The highest BCUT2D eigenvalue weighted by molar-refractivity contribution is 7.19. The van der Waals surface area contributed by atoms with Crippen molar-refractivity contribution in [1.29, 1.82) is 0 Å². The van der Waals surface area contributed by atoms with Gasteiger partial charge in [0.15, 0.2) is 0 Å². The van der Waals surface area contributed by atoms with Crippen LogP contribution in [0, 0.1) is 0 Å². The summed E-state index contributed by atoms with van der Waals surface area (Å²) < 4.78 is 7.17. The minimum Gasteiger partial charge on any atom is -0.494 e. The Bertz CT molecular complexity index is 657. The van der Waals surface area contributed by atoms with Gasteiger partial charge in [-0.2, -0.15) is 5.10 Å². The molecule has 3 aromatic rings. The maximum absolute atomic E-state index is 5.60. The van der Waals surface area contributed by atoms with Gasteiger partial charge >= 0.3 is 0 Å². The molecule has 6 heteroatoms. The molecule has 2 heterocycles. The van der Waals surface area contributed by atoms with Crippen LogP contribution < -0.4 is 10.5 Å². The molecular weight excluding hydrogens is 248 g/mol. The second-order valence-corrected chi connectivity index (χ2v) is 4.72. The van der Waals surface area contributed by atoms with Crippen LogP contribution in [0.3, 0.4) is 0 Å². The third-order valence-electron chi connectivity index (χ3n) is 2.45. The van der Waals surface area contributed by atoms with Crippen LogP contribution in [0.5, 0.6) is 5.75 Å². The van der Waals surface area contributed by atoms with E-state index in [9.17, 15) is 0 Å². The highest BCUT2D eigenvalue weighted by Crippen LogP contribution is 2.28. The van der Waals surface area contributed by atoms with Crippen molar-refractivity contribution < 1.29 is 4.74 Å². The van der Waals surface area contributed by atoms with E-state index in [2.05, 4.69) is 10.1 Å². The summed E-state index contributed by atoms with van der Waals surface area (Å²) in [5.74, 6) is 1.34. The molecule has 0 atom stereocenters. The van der Waals surface area contributed by atoms with E-state index in [1.807, 2.05) is 31.2 Å². The fraction of sp³-hybridized carbons (Fsp3) is 0.167. The van der Waals surface area contributed by atoms with E-state index in [-0.39, 0.29) is 0 Å². The van der Waals surface area contributed by atoms with Crippen molar-refractivity contribution in [3.8, 4) is 16.3 Å². The first-order valence-electron chi connectivity index (χ1n) is 5.61. The molecule has 1 aromatic carbocycles. The van der Waals surface area contributed by atoms with E-state index in [1.165, 1.54) is 11.3 Å².